The molecular weight excluding hydrogens is 408 g/mol. The molecule has 5 nitrogen and oxygen atoms in total. The molecule has 0 saturated heterocycles. The molecule has 4 rings (SSSR count). The SMILES string of the molecule is CCOC(=O)c1cc(S(=O)(=O)c2ccccc2)cc2c1Cc1ccccc1S2=O. The van der Waals surface area contributed by atoms with Gasteiger partial charge in [0.1, 0.15) is 0 Å². The Morgan fingerprint density at radius 1 is 0.966 bits per heavy atom. The molecule has 1 unspecified atom stereocenters. The fraction of sp³-hybridized carbons (Fsp3) is 0.136. The largest absolute Gasteiger partial charge is 0.462 e. The summed E-state index contributed by atoms with van der Waals surface area (Å²) >= 11 is 0. The van der Waals surface area contributed by atoms with Crippen LogP contribution in [0.5, 0.6) is 0 Å². The first-order valence-electron chi connectivity index (χ1n) is 9.07. The van der Waals surface area contributed by atoms with E-state index in [4.69, 9.17) is 4.74 Å². The standard InChI is InChI=1S/C22H18O5S2/c1-2-27-22(23)19-13-17(29(25,26)16-9-4-3-5-10-16)14-21-18(19)12-15-8-6-7-11-20(15)28(21)24/h3-11,13-14H,2,12H2,1H3. The predicted molar refractivity (Wildman–Crippen MR) is 108 cm³/mol. The van der Waals surface area contributed by atoms with Gasteiger partial charge in [-0.2, -0.15) is 0 Å². The zero-order valence-electron chi connectivity index (χ0n) is 15.6. The third kappa shape index (κ3) is 3.41. The van der Waals surface area contributed by atoms with Crippen LogP contribution in [0.1, 0.15) is 28.4 Å². The van der Waals surface area contributed by atoms with Crippen molar-refractivity contribution in [3.05, 3.63) is 83.4 Å². The van der Waals surface area contributed by atoms with E-state index in [1.165, 1.54) is 24.3 Å². The van der Waals surface area contributed by atoms with Crippen molar-refractivity contribution in [2.75, 3.05) is 6.61 Å². The van der Waals surface area contributed by atoms with Crippen LogP contribution < -0.4 is 0 Å². The minimum absolute atomic E-state index is 0.0711. The van der Waals surface area contributed by atoms with E-state index >= 15 is 0 Å². The molecule has 7 heteroatoms. The number of benzene rings is 3. The van der Waals surface area contributed by atoms with Gasteiger partial charge in [-0.15, -0.1) is 0 Å². The highest BCUT2D eigenvalue weighted by Crippen LogP contribution is 2.36. The van der Waals surface area contributed by atoms with Crippen molar-refractivity contribution in [3.8, 4) is 0 Å². The molecule has 0 aromatic heterocycles. The molecule has 0 fully saturated rings. The lowest BCUT2D eigenvalue weighted by Crippen LogP contribution is -2.17. The number of hydrogen-bond donors (Lipinski definition) is 0. The third-order valence-corrected chi connectivity index (χ3v) is 8.09. The van der Waals surface area contributed by atoms with E-state index in [-0.39, 0.29) is 22.0 Å². The van der Waals surface area contributed by atoms with Crippen LogP contribution in [0.2, 0.25) is 0 Å². The minimum atomic E-state index is -3.89. The minimum Gasteiger partial charge on any atom is -0.462 e. The van der Waals surface area contributed by atoms with Crippen molar-refractivity contribution >= 4 is 26.6 Å². The maximum absolute atomic E-state index is 13.2. The first-order chi connectivity index (χ1) is 13.9. The van der Waals surface area contributed by atoms with Crippen LogP contribution in [0, 0.1) is 0 Å². The van der Waals surface area contributed by atoms with Gasteiger partial charge in [0.2, 0.25) is 9.84 Å². The van der Waals surface area contributed by atoms with Gasteiger partial charge in [-0.3, -0.25) is 0 Å². The van der Waals surface area contributed by atoms with Gasteiger partial charge in [-0.1, -0.05) is 36.4 Å². The highest BCUT2D eigenvalue weighted by Gasteiger charge is 2.30. The molecule has 1 aliphatic heterocycles. The summed E-state index contributed by atoms with van der Waals surface area (Å²) in [7, 11) is -5.48. The molecule has 0 amide bonds. The number of carbonyl (C=O) groups excluding carboxylic acids is 1. The van der Waals surface area contributed by atoms with Gasteiger partial charge in [0.25, 0.3) is 0 Å². The maximum Gasteiger partial charge on any atom is 0.338 e. The van der Waals surface area contributed by atoms with Crippen LogP contribution >= 0.6 is 0 Å². The second kappa shape index (κ2) is 7.57. The summed E-state index contributed by atoms with van der Waals surface area (Å²) in [6.45, 7) is 1.84. The fourth-order valence-electron chi connectivity index (χ4n) is 3.39. The first kappa shape index (κ1) is 19.5. The molecule has 1 atom stereocenters. The Morgan fingerprint density at radius 2 is 1.66 bits per heavy atom. The monoisotopic (exact) mass is 426 g/mol. The molecule has 0 spiro atoms. The summed E-state index contributed by atoms with van der Waals surface area (Å²) in [5, 5.41) is 0. The first-order valence-corrected chi connectivity index (χ1v) is 11.7. The lowest BCUT2D eigenvalue weighted by Gasteiger charge is -2.22. The van der Waals surface area contributed by atoms with Crippen molar-refractivity contribution in [1.82, 2.24) is 0 Å². The number of carbonyl (C=O) groups is 1. The van der Waals surface area contributed by atoms with Crippen molar-refractivity contribution < 1.29 is 22.2 Å². The number of fused-ring (bicyclic) bond motifs is 2. The van der Waals surface area contributed by atoms with Gasteiger partial charge in [0, 0.05) is 16.2 Å². The van der Waals surface area contributed by atoms with E-state index in [0.29, 0.717) is 21.8 Å². The zero-order valence-corrected chi connectivity index (χ0v) is 17.3. The summed E-state index contributed by atoms with van der Waals surface area (Å²) in [5.74, 6) is -0.620. The second-order valence-electron chi connectivity index (χ2n) is 6.54. The molecule has 29 heavy (non-hydrogen) atoms. The number of ether oxygens (including phenoxy) is 1. The van der Waals surface area contributed by atoms with Gasteiger partial charge >= 0.3 is 5.97 Å². The number of sulfone groups is 1. The Kier molecular flexibility index (Phi) is 5.10. The van der Waals surface area contributed by atoms with Gasteiger partial charge in [-0.05, 0) is 48.4 Å². The highest BCUT2D eigenvalue weighted by atomic mass is 32.2. The van der Waals surface area contributed by atoms with Crippen LogP contribution in [0.15, 0.2) is 86.3 Å². The van der Waals surface area contributed by atoms with E-state index < -0.39 is 26.6 Å². The Balaban J connectivity index is 1.95. The normalized spacial score (nSPS) is 15.3. The number of esters is 1. The maximum atomic E-state index is 13.2. The molecule has 0 N–H and O–H groups in total. The second-order valence-corrected chi connectivity index (χ2v) is 9.90. The van der Waals surface area contributed by atoms with Crippen molar-refractivity contribution in [2.24, 2.45) is 0 Å². The predicted octanol–water partition coefficient (Wildman–Crippen LogP) is 3.77. The van der Waals surface area contributed by atoms with Crippen molar-refractivity contribution in [2.45, 2.75) is 32.9 Å². The molecule has 3 aromatic rings. The highest BCUT2D eigenvalue weighted by molar-refractivity contribution is 7.91. The van der Waals surface area contributed by atoms with Crippen molar-refractivity contribution in [1.29, 1.82) is 0 Å². The summed E-state index contributed by atoms with van der Waals surface area (Å²) in [6.07, 6.45) is 0.386. The molecule has 0 bridgehead atoms. The Labute approximate surface area is 171 Å². The zero-order chi connectivity index (χ0) is 20.6. The van der Waals surface area contributed by atoms with Crippen molar-refractivity contribution in [3.63, 3.8) is 0 Å². The molecule has 1 aliphatic rings. The summed E-state index contributed by atoms with van der Waals surface area (Å²) in [4.78, 5) is 13.6. The average Bonchev–Trinajstić information content (AvgIpc) is 2.74. The van der Waals surface area contributed by atoms with Crippen LogP contribution in [-0.4, -0.2) is 25.2 Å². The van der Waals surface area contributed by atoms with Crippen LogP contribution in [0.25, 0.3) is 0 Å². The molecule has 0 aliphatic carbocycles. The molecule has 0 radical (unpaired) electrons. The number of hydrogen-bond acceptors (Lipinski definition) is 5. The van der Waals surface area contributed by atoms with E-state index in [0.717, 1.165) is 5.56 Å². The molecule has 3 aromatic carbocycles. The van der Waals surface area contributed by atoms with Crippen LogP contribution in [0.3, 0.4) is 0 Å². The summed E-state index contributed by atoms with van der Waals surface area (Å²) in [6, 6.07) is 18.0. The molecule has 0 saturated carbocycles. The lowest BCUT2D eigenvalue weighted by molar-refractivity contribution is 0.0524. The van der Waals surface area contributed by atoms with E-state index in [2.05, 4.69) is 0 Å². The summed E-state index contributed by atoms with van der Waals surface area (Å²) in [5.41, 5.74) is 1.54. The van der Waals surface area contributed by atoms with E-state index in [1.807, 2.05) is 12.1 Å². The van der Waals surface area contributed by atoms with Crippen LogP contribution in [0.4, 0.5) is 0 Å². The Bertz CT molecular complexity index is 1230. The van der Waals surface area contributed by atoms with Gasteiger partial charge < -0.3 is 4.74 Å². The Hall–Kier alpha value is -2.77. The molecule has 148 valence electrons. The molecular formula is C22H18O5S2. The van der Waals surface area contributed by atoms with Gasteiger partial charge in [0.15, 0.2) is 0 Å². The van der Waals surface area contributed by atoms with Crippen LogP contribution in [-0.2, 0) is 31.8 Å². The third-order valence-electron chi connectivity index (χ3n) is 4.78. The average molecular weight is 427 g/mol. The van der Waals surface area contributed by atoms with Gasteiger partial charge in [0.05, 0.1) is 32.8 Å². The number of rotatable bonds is 4. The fourth-order valence-corrected chi connectivity index (χ4v) is 6.25. The molecule has 1 heterocycles. The summed E-state index contributed by atoms with van der Waals surface area (Å²) < 4.78 is 44.7. The topological polar surface area (TPSA) is 77.5 Å². The quantitative estimate of drug-likeness (QED) is 0.464. The van der Waals surface area contributed by atoms with E-state index in [9.17, 15) is 17.4 Å². The van der Waals surface area contributed by atoms with E-state index in [1.54, 1.807) is 37.3 Å². The Morgan fingerprint density at radius 3 is 2.38 bits per heavy atom. The lowest BCUT2D eigenvalue weighted by atomic mass is 9.99. The van der Waals surface area contributed by atoms with Gasteiger partial charge in [-0.25, -0.2) is 17.4 Å². The smallest absolute Gasteiger partial charge is 0.338 e.